The van der Waals surface area contributed by atoms with E-state index in [1.807, 2.05) is 20.8 Å². The van der Waals surface area contributed by atoms with Crippen LogP contribution in [-0.4, -0.2) is 21.3 Å². The number of carbonyl (C=O) groups excluding carboxylic acids is 1. The first kappa shape index (κ1) is 15.9. The summed E-state index contributed by atoms with van der Waals surface area (Å²) in [6.07, 6.45) is 0.0167. The largest absolute Gasteiger partial charge is 0.338 e. The average Bonchev–Trinajstić information content (AvgIpc) is 2.99. The van der Waals surface area contributed by atoms with E-state index in [9.17, 15) is 9.59 Å². The van der Waals surface area contributed by atoms with Gasteiger partial charge in [-0.1, -0.05) is 44.1 Å². The van der Waals surface area contributed by atoms with E-state index in [0.29, 0.717) is 22.4 Å². The number of fused-ring (bicyclic) bond motifs is 1. The van der Waals surface area contributed by atoms with E-state index in [-0.39, 0.29) is 23.3 Å². The normalized spacial score (nSPS) is 11.6. The van der Waals surface area contributed by atoms with Crippen LogP contribution in [0.1, 0.15) is 32.2 Å². The van der Waals surface area contributed by atoms with Crippen molar-refractivity contribution < 1.29 is 9.32 Å². The van der Waals surface area contributed by atoms with Crippen molar-refractivity contribution in [3.05, 3.63) is 52.1 Å². The second-order valence-electron chi connectivity index (χ2n) is 6.60. The van der Waals surface area contributed by atoms with Gasteiger partial charge in [-0.25, -0.2) is 5.10 Å². The van der Waals surface area contributed by atoms with E-state index in [1.165, 1.54) is 0 Å². The van der Waals surface area contributed by atoms with E-state index in [4.69, 9.17) is 4.52 Å². The highest BCUT2D eigenvalue weighted by Crippen LogP contribution is 2.23. The van der Waals surface area contributed by atoms with Crippen molar-refractivity contribution >= 4 is 22.6 Å². The summed E-state index contributed by atoms with van der Waals surface area (Å²) in [7, 11) is 0. The highest BCUT2D eigenvalue weighted by Gasteiger charge is 2.20. The molecule has 3 rings (SSSR count). The number of nitrogens with zero attached hydrogens (tertiary/aromatic N) is 2. The number of rotatable bonds is 3. The molecule has 0 aliphatic heterocycles. The number of carbonyl (C=O) groups is 1. The summed E-state index contributed by atoms with van der Waals surface area (Å²) in [6, 6.07) is 8.74. The molecule has 24 heavy (non-hydrogen) atoms. The van der Waals surface area contributed by atoms with Crippen molar-refractivity contribution in [2.24, 2.45) is 0 Å². The van der Waals surface area contributed by atoms with Gasteiger partial charge in [-0.2, -0.15) is 5.10 Å². The fraction of sp³-hybridized carbons (Fsp3) is 0.294. The van der Waals surface area contributed by atoms with Crippen molar-refractivity contribution in [1.82, 2.24) is 15.4 Å². The molecule has 7 heteroatoms. The number of benzene rings is 1. The number of aromatic nitrogens is 3. The third-order valence-electron chi connectivity index (χ3n) is 3.64. The van der Waals surface area contributed by atoms with E-state index < -0.39 is 0 Å². The van der Waals surface area contributed by atoms with E-state index >= 15 is 0 Å². The lowest BCUT2D eigenvalue weighted by atomic mass is 9.92. The zero-order chi connectivity index (χ0) is 17.3. The van der Waals surface area contributed by atoms with Crippen LogP contribution in [0.15, 0.2) is 39.6 Å². The highest BCUT2D eigenvalue weighted by atomic mass is 16.5. The molecule has 0 aliphatic rings. The smallest absolute Gasteiger partial charge is 0.272 e. The van der Waals surface area contributed by atoms with Crippen LogP contribution in [0.4, 0.5) is 5.88 Å². The van der Waals surface area contributed by atoms with Gasteiger partial charge in [-0.3, -0.25) is 14.9 Å². The van der Waals surface area contributed by atoms with Crippen LogP contribution in [-0.2, 0) is 16.6 Å². The van der Waals surface area contributed by atoms with Crippen LogP contribution >= 0.6 is 0 Å². The molecule has 0 spiro atoms. The number of aromatic amines is 1. The third-order valence-corrected chi connectivity index (χ3v) is 3.64. The summed E-state index contributed by atoms with van der Waals surface area (Å²) in [5.41, 5.74) is 0.812. The molecule has 0 radical (unpaired) electrons. The Morgan fingerprint density at radius 3 is 2.62 bits per heavy atom. The zero-order valence-corrected chi connectivity index (χ0v) is 13.7. The number of hydrogen-bond acceptors (Lipinski definition) is 5. The van der Waals surface area contributed by atoms with E-state index in [0.717, 1.165) is 5.69 Å². The van der Waals surface area contributed by atoms with Gasteiger partial charge in [0, 0.05) is 16.9 Å². The Balaban J connectivity index is 1.80. The molecule has 0 saturated carbocycles. The standard InChI is InChI=1S/C17H18N4O3/c1-17(2,3)13-9-15(24-21-13)18-14(22)8-12-10-6-4-5-7-11(10)16(23)20-19-12/h4-7,9H,8H2,1-3H3,(H,18,22)(H,20,23). The number of anilines is 1. The van der Waals surface area contributed by atoms with Crippen LogP contribution in [0, 0.1) is 0 Å². The molecule has 3 aromatic rings. The highest BCUT2D eigenvalue weighted by molar-refractivity contribution is 5.94. The maximum Gasteiger partial charge on any atom is 0.272 e. The van der Waals surface area contributed by atoms with E-state index in [2.05, 4.69) is 20.7 Å². The topological polar surface area (TPSA) is 101 Å². The summed E-state index contributed by atoms with van der Waals surface area (Å²) >= 11 is 0. The molecule has 2 N–H and O–H groups in total. The molecule has 0 atom stereocenters. The predicted octanol–water partition coefficient (Wildman–Crippen LogP) is 2.39. The van der Waals surface area contributed by atoms with Crippen molar-refractivity contribution in [1.29, 1.82) is 0 Å². The van der Waals surface area contributed by atoms with Gasteiger partial charge in [0.2, 0.25) is 11.8 Å². The second-order valence-corrected chi connectivity index (χ2v) is 6.60. The minimum atomic E-state index is -0.295. The van der Waals surface area contributed by atoms with Gasteiger partial charge in [0.05, 0.1) is 23.2 Å². The van der Waals surface area contributed by atoms with Gasteiger partial charge in [0.25, 0.3) is 5.56 Å². The molecule has 0 fully saturated rings. The van der Waals surface area contributed by atoms with Crippen LogP contribution in [0.25, 0.3) is 10.8 Å². The molecular weight excluding hydrogens is 308 g/mol. The van der Waals surface area contributed by atoms with Crippen LogP contribution < -0.4 is 10.9 Å². The quantitative estimate of drug-likeness (QED) is 0.769. The van der Waals surface area contributed by atoms with Gasteiger partial charge in [0.15, 0.2) is 0 Å². The lowest BCUT2D eigenvalue weighted by Crippen LogP contribution is -2.18. The van der Waals surface area contributed by atoms with Gasteiger partial charge >= 0.3 is 0 Å². The van der Waals surface area contributed by atoms with Crippen molar-refractivity contribution in [2.45, 2.75) is 32.6 Å². The summed E-state index contributed by atoms with van der Waals surface area (Å²) in [5.74, 6) is -0.00466. The SMILES string of the molecule is CC(C)(C)c1cc(NC(=O)Cc2n[nH]c(=O)c3ccccc23)on1. The van der Waals surface area contributed by atoms with Gasteiger partial charge in [-0.15, -0.1) is 0 Å². The fourth-order valence-corrected chi connectivity index (χ4v) is 2.33. The number of H-pyrrole nitrogens is 1. The molecule has 7 nitrogen and oxygen atoms in total. The first-order valence-corrected chi connectivity index (χ1v) is 7.58. The first-order chi connectivity index (χ1) is 11.3. The Labute approximate surface area is 138 Å². The maximum atomic E-state index is 12.2. The van der Waals surface area contributed by atoms with Crippen LogP contribution in [0.5, 0.6) is 0 Å². The molecule has 0 bridgehead atoms. The molecule has 0 unspecified atom stereocenters. The maximum absolute atomic E-state index is 12.2. The minimum absolute atomic E-state index is 0.0167. The van der Waals surface area contributed by atoms with Gasteiger partial charge in [0.1, 0.15) is 0 Å². The summed E-state index contributed by atoms with van der Waals surface area (Å²) in [6.45, 7) is 6.02. The Kier molecular flexibility index (Phi) is 3.92. The third kappa shape index (κ3) is 3.19. The summed E-state index contributed by atoms with van der Waals surface area (Å²) in [5, 5.41) is 14.2. The minimum Gasteiger partial charge on any atom is -0.338 e. The lowest BCUT2D eigenvalue weighted by molar-refractivity contribution is -0.115. The average molecular weight is 326 g/mol. The Bertz CT molecular complexity index is 950. The van der Waals surface area contributed by atoms with E-state index in [1.54, 1.807) is 30.3 Å². The van der Waals surface area contributed by atoms with Crippen LogP contribution in [0.3, 0.4) is 0 Å². The van der Waals surface area contributed by atoms with Crippen LogP contribution in [0.2, 0.25) is 0 Å². The predicted molar refractivity (Wildman–Crippen MR) is 89.9 cm³/mol. The van der Waals surface area contributed by atoms with Crippen molar-refractivity contribution in [2.75, 3.05) is 5.32 Å². The van der Waals surface area contributed by atoms with Crippen molar-refractivity contribution in [3.8, 4) is 0 Å². The molecule has 2 heterocycles. The first-order valence-electron chi connectivity index (χ1n) is 7.58. The molecule has 124 valence electrons. The second kappa shape index (κ2) is 5.92. The molecule has 0 aliphatic carbocycles. The zero-order valence-electron chi connectivity index (χ0n) is 13.7. The monoisotopic (exact) mass is 326 g/mol. The molecule has 1 aromatic carbocycles. The van der Waals surface area contributed by atoms with Crippen molar-refractivity contribution in [3.63, 3.8) is 0 Å². The Morgan fingerprint density at radius 1 is 1.25 bits per heavy atom. The number of nitrogens with one attached hydrogen (secondary N) is 2. The summed E-state index contributed by atoms with van der Waals surface area (Å²) in [4.78, 5) is 24.0. The number of amides is 1. The summed E-state index contributed by atoms with van der Waals surface area (Å²) < 4.78 is 5.15. The fourth-order valence-electron chi connectivity index (χ4n) is 2.33. The molecule has 2 aromatic heterocycles. The lowest BCUT2D eigenvalue weighted by Gasteiger charge is -2.12. The molecule has 0 saturated heterocycles. The molecule has 1 amide bonds. The Morgan fingerprint density at radius 2 is 1.96 bits per heavy atom. The van der Waals surface area contributed by atoms with Gasteiger partial charge in [-0.05, 0) is 6.07 Å². The number of hydrogen-bond donors (Lipinski definition) is 2. The molecular formula is C17H18N4O3. The van der Waals surface area contributed by atoms with Gasteiger partial charge < -0.3 is 4.52 Å². The Hall–Kier alpha value is -2.96.